The summed E-state index contributed by atoms with van der Waals surface area (Å²) >= 11 is 5.81. The second-order valence-electron chi connectivity index (χ2n) is 6.81. The lowest BCUT2D eigenvalue weighted by Crippen LogP contribution is -2.15. The van der Waals surface area contributed by atoms with Crippen molar-refractivity contribution in [3.8, 4) is 0 Å². The molecule has 8 nitrogen and oxygen atoms in total. The first-order valence-corrected chi connectivity index (χ1v) is 12.8. The van der Waals surface area contributed by atoms with Crippen molar-refractivity contribution in [2.45, 2.75) is 16.4 Å². The van der Waals surface area contributed by atoms with E-state index in [1.165, 1.54) is 54.6 Å². The SMILES string of the molecule is NS(=O)(=O)c1cccc(NS(=O)(=O)c2ccc(/C=C/C(=O)OCc3ccc(Cl)cc3)cc2)c1. The Morgan fingerprint density at radius 2 is 1.61 bits per heavy atom. The molecule has 0 amide bonds. The van der Waals surface area contributed by atoms with Gasteiger partial charge in [0, 0.05) is 11.1 Å². The van der Waals surface area contributed by atoms with E-state index >= 15 is 0 Å². The topological polar surface area (TPSA) is 133 Å². The summed E-state index contributed by atoms with van der Waals surface area (Å²) < 4.78 is 55.5. The molecule has 0 saturated carbocycles. The molecule has 0 aromatic heterocycles. The van der Waals surface area contributed by atoms with Crippen LogP contribution in [0.3, 0.4) is 0 Å². The zero-order valence-corrected chi connectivity index (χ0v) is 19.4. The van der Waals surface area contributed by atoms with Crippen molar-refractivity contribution in [3.63, 3.8) is 0 Å². The van der Waals surface area contributed by atoms with Crippen LogP contribution in [0.1, 0.15) is 11.1 Å². The molecule has 33 heavy (non-hydrogen) atoms. The highest BCUT2D eigenvalue weighted by atomic mass is 35.5. The Morgan fingerprint density at radius 1 is 0.939 bits per heavy atom. The Morgan fingerprint density at radius 3 is 2.24 bits per heavy atom. The van der Waals surface area contributed by atoms with Gasteiger partial charge in [0.1, 0.15) is 6.61 Å². The van der Waals surface area contributed by atoms with Gasteiger partial charge in [0.15, 0.2) is 0 Å². The highest BCUT2D eigenvalue weighted by Gasteiger charge is 2.15. The first-order chi connectivity index (χ1) is 15.5. The molecule has 3 aromatic rings. The zero-order valence-electron chi connectivity index (χ0n) is 17.0. The van der Waals surface area contributed by atoms with Crippen LogP contribution in [0.4, 0.5) is 5.69 Å². The number of ether oxygens (including phenoxy) is 1. The molecule has 0 atom stereocenters. The predicted octanol–water partition coefficient (Wildman–Crippen LogP) is 3.54. The van der Waals surface area contributed by atoms with Crippen LogP contribution in [0.15, 0.2) is 88.7 Å². The number of nitrogens with two attached hydrogens (primary N) is 1. The second kappa shape index (κ2) is 10.2. The first-order valence-electron chi connectivity index (χ1n) is 9.38. The Bertz CT molecular complexity index is 1390. The van der Waals surface area contributed by atoms with Crippen molar-refractivity contribution in [2.24, 2.45) is 5.14 Å². The first kappa shape index (κ1) is 24.5. The van der Waals surface area contributed by atoms with Crippen LogP contribution in [0.2, 0.25) is 5.02 Å². The number of hydrogen-bond acceptors (Lipinski definition) is 6. The molecular weight excluding hydrogens is 488 g/mol. The molecule has 3 aromatic carbocycles. The lowest BCUT2D eigenvalue weighted by atomic mass is 10.2. The van der Waals surface area contributed by atoms with Crippen molar-refractivity contribution >= 4 is 49.4 Å². The summed E-state index contributed by atoms with van der Waals surface area (Å²) in [6, 6.07) is 17.8. The third kappa shape index (κ3) is 7.16. The van der Waals surface area contributed by atoms with E-state index in [4.69, 9.17) is 21.5 Å². The maximum atomic E-state index is 12.6. The Kier molecular flexibility index (Phi) is 7.54. The summed E-state index contributed by atoms with van der Waals surface area (Å²) in [5.41, 5.74) is 1.42. The van der Waals surface area contributed by atoms with Crippen LogP contribution in [0, 0.1) is 0 Å². The average Bonchev–Trinajstić information content (AvgIpc) is 2.77. The maximum Gasteiger partial charge on any atom is 0.331 e. The standard InChI is InChI=1S/C22H19ClN2O6S2/c23-18-9-4-17(5-10-18)15-31-22(26)13-8-16-6-11-20(12-7-16)33(29,30)25-19-2-1-3-21(14-19)32(24,27)28/h1-14,25H,15H2,(H2,24,27,28)/b13-8+. The molecule has 0 aliphatic rings. The molecule has 0 aliphatic heterocycles. The smallest absolute Gasteiger partial charge is 0.331 e. The molecule has 0 heterocycles. The van der Waals surface area contributed by atoms with Crippen molar-refractivity contribution in [3.05, 3.63) is 95.0 Å². The maximum absolute atomic E-state index is 12.6. The number of sulfonamides is 2. The molecule has 0 fully saturated rings. The van der Waals surface area contributed by atoms with Crippen LogP contribution < -0.4 is 9.86 Å². The minimum absolute atomic E-state index is 0.0499. The average molecular weight is 507 g/mol. The van der Waals surface area contributed by atoms with Gasteiger partial charge in [-0.05, 0) is 59.7 Å². The number of primary sulfonamides is 1. The molecule has 0 radical (unpaired) electrons. The van der Waals surface area contributed by atoms with Gasteiger partial charge in [-0.1, -0.05) is 41.9 Å². The molecule has 172 valence electrons. The van der Waals surface area contributed by atoms with Crippen LogP contribution in [-0.4, -0.2) is 22.8 Å². The fourth-order valence-electron chi connectivity index (χ4n) is 2.66. The summed E-state index contributed by atoms with van der Waals surface area (Å²) in [7, 11) is -7.95. The van der Waals surface area contributed by atoms with Crippen LogP contribution in [0.5, 0.6) is 0 Å². The summed E-state index contributed by atoms with van der Waals surface area (Å²) in [5, 5.41) is 5.66. The number of anilines is 1. The largest absolute Gasteiger partial charge is 0.458 e. The summed E-state index contributed by atoms with van der Waals surface area (Å²) in [6.45, 7) is 0.0931. The van der Waals surface area contributed by atoms with Gasteiger partial charge in [0.25, 0.3) is 10.0 Å². The number of carbonyl (C=O) groups excluding carboxylic acids is 1. The normalized spacial score (nSPS) is 11.9. The van der Waals surface area contributed by atoms with E-state index in [0.29, 0.717) is 10.6 Å². The van der Waals surface area contributed by atoms with Gasteiger partial charge in [-0.15, -0.1) is 0 Å². The van der Waals surface area contributed by atoms with E-state index in [9.17, 15) is 21.6 Å². The molecule has 0 bridgehead atoms. The number of halogens is 1. The monoisotopic (exact) mass is 506 g/mol. The summed E-state index contributed by atoms with van der Waals surface area (Å²) in [5.74, 6) is -0.557. The van der Waals surface area contributed by atoms with E-state index in [1.54, 1.807) is 24.3 Å². The van der Waals surface area contributed by atoms with Crippen molar-refractivity contribution in [1.29, 1.82) is 0 Å². The van der Waals surface area contributed by atoms with Gasteiger partial charge in [-0.2, -0.15) is 0 Å². The third-order valence-electron chi connectivity index (χ3n) is 4.31. The van der Waals surface area contributed by atoms with Crippen LogP contribution >= 0.6 is 11.6 Å². The zero-order chi connectivity index (χ0) is 24.1. The molecule has 0 spiro atoms. The third-order valence-corrected chi connectivity index (χ3v) is 6.87. The van der Waals surface area contributed by atoms with Gasteiger partial charge in [0.05, 0.1) is 15.5 Å². The minimum atomic E-state index is -3.98. The molecule has 3 rings (SSSR count). The molecule has 11 heteroatoms. The van der Waals surface area contributed by atoms with E-state index in [1.807, 2.05) is 0 Å². The lowest BCUT2D eigenvalue weighted by Gasteiger charge is -2.09. The number of carbonyl (C=O) groups is 1. The van der Waals surface area contributed by atoms with E-state index in [0.717, 1.165) is 11.6 Å². The molecule has 3 N–H and O–H groups in total. The number of rotatable bonds is 8. The molecule has 0 unspecified atom stereocenters. The fourth-order valence-corrected chi connectivity index (χ4v) is 4.39. The van der Waals surface area contributed by atoms with Gasteiger partial charge >= 0.3 is 5.97 Å². The van der Waals surface area contributed by atoms with Crippen LogP contribution in [-0.2, 0) is 36.2 Å². The van der Waals surface area contributed by atoms with E-state index in [-0.39, 0.29) is 22.1 Å². The quantitative estimate of drug-likeness (QED) is 0.354. The predicted molar refractivity (Wildman–Crippen MR) is 125 cm³/mol. The van der Waals surface area contributed by atoms with Gasteiger partial charge < -0.3 is 4.74 Å². The van der Waals surface area contributed by atoms with Crippen molar-refractivity contribution in [1.82, 2.24) is 0 Å². The Labute approximate surface area is 196 Å². The molecule has 0 saturated heterocycles. The van der Waals surface area contributed by atoms with E-state index < -0.39 is 26.0 Å². The fraction of sp³-hybridized carbons (Fsp3) is 0.0455. The Balaban J connectivity index is 1.62. The molecular formula is C22H19ClN2O6S2. The number of esters is 1. The summed E-state index contributed by atoms with van der Waals surface area (Å²) in [4.78, 5) is 11.6. The number of hydrogen-bond donors (Lipinski definition) is 2. The summed E-state index contributed by atoms with van der Waals surface area (Å²) in [6.07, 6.45) is 2.72. The number of benzene rings is 3. The lowest BCUT2D eigenvalue weighted by molar-refractivity contribution is -0.138. The van der Waals surface area contributed by atoms with Crippen molar-refractivity contribution < 1.29 is 26.4 Å². The Hall–Kier alpha value is -3.18. The number of nitrogens with one attached hydrogen (secondary N) is 1. The van der Waals surface area contributed by atoms with Crippen molar-refractivity contribution in [2.75, 3.05) is 4.72 Å². The van der Waals surface area contributed by atoms with Gasteiger partial charge in [-0.3, -0.25) is 4.72 Å². The minimum Gasteiger partial charge on any atom is -0.458 e. The second-order valence-corrected chi connectivity index (χ2v) is 10.5. The van der Waals surface area contributed by atoms with Gasteiger partial charge in [-0.25, -0.2) is 26.8 Å². The van der Waals surface area contributed by atoms with Gasteiger partial charge in [0.2, 0.25) is 10.0 Å². The highest BCUT2D eigenvalue weighted by Crippen LogP contribution is 2.20. The van der Waals surface area contributed by atoms with E-state index in [2.05, 4.69) is 4.72 Å². The van der Waals surface area contributed by atoms with Crippen LogP contribution in [0.25, 0.3) is 6.08 Å². The molecule has 0 aliphatic carbocycles. The highest BCUT2D eigenvalue weighted by molar-refractivity contribution is 7.92.